The fourth-order valence-corrected chi connectivity index (χ4v) is 2.25. The minimum absolute atomic E-state index is 0.0488. The number of hydrogen-bond acceptors (Lipinski definition) is 4. The zero-order valence-corrected chi connectivity index (χ0v) is 11.2. The molecule has 1 aliphatic heterocycles. The summed E-state index contributed by atoms with van der Waals surface area (Å²) in [5, 5.41) is 3.33. The number of carbonyl (C=O) groups excluding carboxylic acids is 1. The first-order chi connectivity index (χ1) is 8.59. The highest BCUT2D eigenvalue weighted by molar-refractivity contribution is 5.95. The van der Waals surface area contributed by atoms with Crippen molar-refractivity contribution in [3.63, 3.8) is 0 Å². The van der Waals surface area contributed by atoms with Crippen LogP contribution in [0.2, 0.25) is 0 Å². The Bertz CT molecular complexity index is 433. The first kappa shape index (κ1) is 13.0. The minimum Gasteiger partial charge on any atom is -0.336 e. The van der Waals surface area contributed by atoms with E-state index in [1.54, 1.807) is 6.20 Å². The number of aromatic nitrogens is 2. The van der Waals surface area contributed by atoms with E-state index in [9.17, 15) is 4.79 Å². The molecule has 98 valence electrons. The summed E-state index contributed by atoms with van der Waals surface area (Å²) in [6.07, 6.45) is 3.14. The van der Waals surface area contributed by atoms with E-state index in [-0.39, 0.29) is 11.8 Å². The van der Waals surface area contributed by atoms with Gasteiger partial charge in [0.25, 0.3) is 5.91 Å². The molecule has 1 amide bonds. The summed E-state index contributed by atoms with van der Waals surface area (Å²) in [5.41, 5.74) is 1.47. The van der Waals surface area contributed by atoms with Crippen molar-refractivity contribution in [1.29, 1.82) is 0 Å². The summed E-state index contributed by atoms with van der Waals surface area (Å²) in [5.74, 6) is 0.278. The van der Waals surface area contributed by atoms with Gasteiger partial charge in [0.2, 0.25) is 0 Å². The smallest absolute Gasteiger partial charge is 0.257 e. The molecular formula is C13H20N4O. The van der Waals surface area contributed by atoms with Gasteiger partial charge in [0.1, 0.15) is 6.33 Å². The maximum absolute atomic E-state index is 12.5. The zero-order chi connectivity index (χ0) is 13.1. The third-order valence-corrected chi connectivity index (χ3v) is 3.18. The van der Waals surface area contributed by atoms with Crippen LogP contribution in [0.1, 0.15) is 42.7 Å². The van der Waals surface area contributed by atoms with Gasteiger partial charge >= 0.3 is 0 Å². The van der Waals surface area contributed by atoms with Crippen molar-refractivity contribution < 1.29 is 4.79 Å². The van der Waals surface area contributed by atoms with Crippen LogP contribution in [0.3, 0.4) is 0 Å². The van der Waals surface area contributed by atoms with Crippen LogP contribution in [0.4, 0.5) is 0 Å². The molecule has 5 heteroatoms. The molecule has 18 heavy (non-hydrogen) atoms. The average Bonchev–Trinajstić information content (AvgIpc) is 2.38. The number of amides is 1. The Labute approximate surface area is 108 Å². The summed E-state index contributed by atoms with van der Waals surface area (Å²) in [4.78, 5) is 22.6. The summed E-state index contributed by atoms with van der Waals surface area (Å²) in [6.45, 7) is 8.50. The van der Waals surface area contributed by atoms with Crippen molar-refractivity contribution in [2.75, 3.05) is 19.6 Å². The molecule has 2 rings (SSSR count). The van der Waals surface area contributed by atoms with Crippen LogP contribution in [0.5, 0.6) is 0 Å². The lowest BCUT2D eigenvalue weighted by Gasteiger charge is -2.32. The first-order valence-corrected chi connectivity index (χ1v) is 6.42. The van der Waals surface area contributed by atoms with Gasteiger partial charge < -0.3 is 10.2 Å². The zero-order valence-electron chi connectivity index (χ0n) is 11.2. The third kappa shape index (κ3) is 2.67. The van der Waals surface area contributed by atoms with Gasteiger partial charge in [0.15, 0.2) is 0 Å². The van der Waals surface area contributed by atoms with Crippen molar-refractivity contribution in [3.8, 4) is 0 Å². The van der Waals surface area contributed by atoms with Gasteiger partial charge in [0.05, 0.1) is 11.3 Å². The largest absolute Gasteiger partial charge is 0.336 e. The van der Waals surface area contributed by atoms with Crippen LogP contribution in [-0.2, 0) is 0 Å². The summed E-state index contributed by atoms with van der Waals surface area (Å²) in [7, 11) is 0. The third-order valence-electron chi connectivity index (χ3n) is 3.18. The van der Waals surface area contributed by atoms with Gasteiger partial charge in [-0.05, 0) is 12.8 Å². The molecule has 0 saturated carbocycles. The maximum atomic E-state index is 12.5. The Morgan fingerprint density at radius 3 is 3.00 bits per heavy atom. The predicted octanol–water partition coefficient (Wildman–Crippen LogP) is 1.03. The highest BCUT2D eigenvalue weighted by atomic mass is 16.2. The molecule has 1 N–H and O–H groups in total. The first-order valence-electron chi connectivity index (χ1n) is 6.42. The van der Waals surface area contributed by atoms with E-state index in [0.717, 1.165) is 25.3 Å². The predicted molar refractivity (Wildman–Crippen MR) is 69.5 cm³/mol. The van der Waals surface area contributed by atoms with Crippen LogP contribution in [-0.4, -0.2) is 46.5 Å². The summed E-state index contributed by atoms with van der Waals surface area (Å²) >= 11 is 0. The molecule has 0 radical (unpaired) electrons. The van der Waals surface area contributed by atoms with Crippen LogP contribution in [0.25, 0.3) is 0 Å². The van der Waals surface area contributed by atoms with E-state index in [2.05, 4.69) is 22.2 Å². The second kappa shape index (κ2) is 5.44. The fourth-order valence-electron chi connectivity index (χ4n) is 2.25. The number of rotatable bonds is 2. The molecule has 2 heterocycles. The number of piperazine rings is 1. The Balaban J connectivity index is 2.23. The second-order valence-corrected chi connectivity index (χ2v) is 5.08. The molecule has 0 bridgehead atoms. The van der Waals surface area contributed by atoms with Crippen LogP contribution >= 0.6 is 0 Å². The van der Waals surface area contributed by atoms with Crippen LogP contribution in [0, 0.1) is 0 Å². The fraction of sp³-hybridized carbons (Fsp3) is 0.615. The van der Waals surface area contributed by atoms with Crippen molar-refractivity contribution in [2.45, 2.75) is 32.7 Å². The molecule has 0 spiro atoms. The van der Waals surface area contributed by atoms with E-state index < -0.39 is 0 Å². The van der Waals surface area contributed by atoms with Gasteiger partial charge in [-0.25, -0.2) is 9.97 Å². The normalized spacial score (nSPS) is 20.2. The highest BCUT2D eigenvalue weighted by Gasteiger charge is 2.24. The molecule has 1 aliphatic rings. The molecule has 1 aromatic heterocycles. The molecule has 1 saturated heterocycles. The molecule has 5 nitrogen and oxygen atoms in total. The van der Waals surface area contributed by atoms with Crippen LogP contribution in [0.15, 0.2) is 12.5 Å². The molecule has 1 unspecified atom stereocenters. The quantitative estimate of drug-likeness (QED) is 0.849. The summed E-state index contributed by atoms with van der Waals surface area (Å²) < 4.78 is 0. The molecule has 1 atom stereocenters. The lowest BCUT2D eigenvalue weighted by atomic mass is 10.0. The van der Waals surface area contributed by atoms with E-state index in [0.29, 0.717) is 11.6 Å². The maximum Gasteiger partial charge on any atom is 0.257 e. The minimum atomic E-state index is 0.0488. The van der Waals surface area contributed by atoms with Crippen LogP contribution < -0.4 is 5.32 Å². The van der Waals surface area contributed by atoms with Gasteiger partial charge in [-0.15, -0.1) is 0 Å². The SMILES string of the molecule is CC1CN(C(=O)c2cncnc2C(C)C)CCN1. The highest BCUT2D eigenvalue weighted by Crippen LogP contribution is 2.17. The Hall–Kier alpha value is -1.49. The van der Waals surface area contributed by atoms with Gasteiger partial charge in [0, 0.05) is 31.9 Å². The standard InChI is InChI=1S/C13H20N4O/c1-9(2)12-11(6-14-8-16-12)13(18)17-5-4-15-10(3)7-17/h6,8-10,15H,4-5,7H2,1-3H3. The van der Waals surface area contributed by atoms with E-state index in [1.807, 2.05) is 18.7 Å². The average molecular weight is 248 g/mol. The molecule has 1 aromatic rings. The number of hydrogen-bond donors (Lipinski definition) is 1. The van der Waals surface area contributed by atoms with E-state index in [1.165, 1.54) is 6.33 Å². The number of carbonyl (C=O) groups is 1. The van der Waals surface area contributed by atoms with Gasteiger partial charge in [-0.1, -0.05) is 13.8 Å². The molecular weight excluding hydrogens is 228 g/mol. The van der Waals surface area contributed by atoms with E-state index >= 15 is 0 Å². The molecule has 0 aliphatic carbocycles. The monoisotopic (exact) mass is 248 g/mol. The van der Waals surface area contributed by atoms with Gasteiger partial charge in [-0.3, -0.25) is 4.79 Å². The van der Waals surface area contributed by atoms with Crippen molar-refractivity contribution in [1.82, 2.24) is 20.2 Å². The molecule has 1 fully saturated rings. The van der Waals surface area contributed by atoms with Crippen molar-refractivity contribution in [2.24, 2.45) is 0 Å². The second-order valence-electron chi connectivity index (χ2n) is 5.08. The number of nitrogens with one attached hydrogen (secondary N) is 1. The van der Waals surface area contributed by atoms with Crippen molar-refractivity contribution in [3.05, 3.63) is 23.8 Å². The number of nitrogens with zero attached hydrogens (tertiary/aromatic N) is 3. The van der Waals surface area contributed by atoms with E-state index in [4.69, 9.17) is 0 Å². The Kier molecular flexibility index (Phi) is 3.91. The lowest BCUT2D eigenvalue weighted by Crippen LogP contribution is -2.51. The Morgan fingerprint density at radius 1 is 1.56 bits per heavy atom. The topological polar surface area (TPSA) is 58.1 Å². The summed E-state index contributed by atoms with van der Waals surface area (Å²) in [6, 6.07) is 0.342. The van der Waals surface area contributed by atoms with Crippen molar-refractivity contribution >= 4 is 5.91 Å². The molecule has 0 aromatic carbocycles. The van der Waals surface area contributed by atoms with Gasteiger partial charge in [-0.2, -0.15) is 0 Å². The lowest BCUT2D eigenvalue weighted by molar-refractivity contribution is 0.0706. The Morgan fingerprint density at radius 2 is 2.33 bits per heavy atom.